The smallest absolute Gasteiger partial charge is 0.0524 e. The molecule has 4 saturated carbocycles. The van der Waals surface area contributed by atoms with Crippen LogP contribution in [0, 0.1) is 29.6 Å². The fraction of sp³-hybridized carbons (Fsp3) is 0.812. The maximum absolute atomic E-state index is 4.17. The maximum atomic E-state index is 4.17. The zero-order valence-corrected chi connectivity index (χ0v) is 11.8. The van der Waals surface area contributed by atoms with E-state index in [9.17, 15) is 0 Å². The van der Waals surface area contributed by atoms with E-state index in [0.717, 1.165) is 36.1 Å². The Balaban J connectivity index is 1.62. The first-order valence-corrected chi connectivity index (χ1v) is 8.07. The fourth-order valence-electron chi connectivity index (χ4n) is 5.62. The normalized spacial score (nSPS) is 41.6. The molecule has 1 aromatic rings. The molecule has 5 rings (SSSR count). The zero-order valence-electron chi connectivity index (χ0n) is 11.8. The highest BCUT2D eigenvalue weighted by Crippen LogP contribution is 2.59. The van der Waals surface area contributed by atoms with E-state index in [1.165, 1.54) is 37.8 Å². The number of nitrogens with zero attached hydrogens (tertiary/aromatic N) is 1. The van der Waals surface area contributed by atoms with Crippen molar-refractivity contribution in [3.63, 3.8) is 0 Å². The lowest BCUT2D eigenvalue weighted by Crippen LogP contribution is -2.49. The molecule has 3 nitrogen and oxygen atoms in total. The molecule has 0 aromatic carbocycles. The molecule has 4 aliphatic rings. The van der Waals surface area contributed by atoms with Gasteiger partial charge in [-0.05, 0) is 74.3 Å². The van der Waals surface area contributed by atoms with Gasteiger partial charge in [-0.3, -0.25) is 5.10 Å². The largest absolute Gasteiger partial charge is 0.309 e. The summed E-state index contributed by atoms with van der Waals surface area (Å²) in [6.07, 6.45) is 9.41. The number of H-pyrrole nitrogens is 1. The van der Waals surface area contributed by atoms with Gasteiger partial charge in [0.1, 0.15) is 0 Å². The number of aromatic nitrogens is 2. The third-order valence-corrected chi connectivity index (χ3v) is 5.97. The van der Waals surface area contributed by atoms with Crippen LogP contribution in [-0.2, 0) is 0 Å². The van der Waals surface area contributed by atoms with E-state index in [1.54, 1.807) is 0 Å². The molecule has 1 heterocycles. The molecular formula is C16H25N3. The third kappa shape index (κ3) is 1.94. The summed E-state index contributed by atoms with van der Waals surface area (Å²) in [5, 5.41) is 11.1. The topological polar surface area (TPSA) is 40.7 Å². The molecule has 0 amide bonds. The molecule has 4 aliphatic carbocycles. The highest BCUT2D eigenvalue weighted by atomic mass is 15.1. The molecule has 1 aromatic heterocycles. The Morgan fingerprint density at radius 1 is 1.21 bits per heavy atom. The van der Waals surface area contributed by atoms with Crippen LogP contribution in [0.5, 0.6) is 0 Å². The van der Waals surface area contributed by atoms with Crippen LogP contribution in [0.1, 0.15) is 50.8 Å². The van der Waals surface area contributed by atoms with Gasteiger partial charge in [-0.1, -0.05) is 6.92 Å². The van der Waals surface area contributed by atoms with Gasteiger partial charge < -0.3 is 5.32 Å². The van der Waals surface area contributed by atoms with Crippen LogP contribution < -0.4 is 5.32 Å². The number of aromatic amines is 1. The van der Waals surface area contributed by atoms with Gasteiger partial charge >= 0.3 is 0 Å². The Labute approximate surface area is 115 Å². The van der Waals surface area contributed by atoms with Crippen LogP contribution in [0.25, 0.3) is 0 Å². The first-order valence-electron chi connectivity index (χ1n) is 8.07. The first-order chi connectivity index (χ1) is 9.35. The van der Waals surface area contributed by atoms with E-state index < -0.39 is 0 Å². The molecule has 3 heteroatoms. The van der Waals surface area contributed by atoms with Gasteiger partial charge in [0.2, 0.25) is 0 Å². The van der Waals surface area contributed by atoms with Crippen LogP contribution in [0.4, 0.5) is 0 Å². The van der Waals surface area contributed by atoms with E-state index in [2.05, 4.69) is 28.5 Å². The summed E-state index contributed by atoms with van der Waals surface area (Å²) < 4.78 is 0. The summed E-state index contributed by atoms with van der Waals surface area (Å²) in [6.45, 7) is 3.27. The Morgan fingerprint density at radius 2 is 1.89 bits per heavy atom. The number of nitrogens with one attached hydrogen (secondary N) is 2. The van der Waals surface area contributed by atoms with E-state index >= 15 is 0 Å². The Morgan fingerprint density at radius 3 is 2.42 bits per heavy atom. The average Bonchev–Trinajstić information content (AvgIpc) is 2.89. The van der Waals surface area contributed by atoms with Crippen molar-refractivity contribution in [2.24, 2.45) is 29.6 Å². The molecule has 1 unspecified atom stereocenters. The van der Waals surface area contributed by atoms with Crippen molar-refractivity contribution < 1.29 is 0 Å². The number of hydrogen-bond donors (Lipinski definition) is 2. The number of rotatable bonds is 4. The van der Waals surface area contributed by atoms with Crippen LogP contribution >= 0.6 is 0 Å². The molecule has 0 saturated heterocycles. The Hall–Kier alpha value is -0.830. The van der Waals surface area contributed by atoms with Gasteiger partial charge in [0.25, 0.3) is 0 Å². The van der Waals surface area contributed by atoms with Gasteiger partial charge in [0.15, 0.2) is 0 Å². The molecule has 104 valence electrons. The molecular weight excluding hydrogens is 234 g/mol. The first kappa shape index (κ1) is 12.0. The Kier molecular flexibility index (Phi) is 2.91. The average molecular weight is 259 g/mol. The zero-order chi connectivity index (χ0) is 12.8. The minimum atomic E-state index is 0.502. The van der Waals surface area contributed by atoms with Crippen LogP contribution in [0.15, 0.2) is 12.3 Å². The molecule has 4 fully saturated rings. The molecule has 19 heavy (non-hydrogen) atoms. The standard InChI is InChI=1S/C16H25N3/c1-2-17-16(14-3-4-18-19-14)15-12-6-10-5-11(8-12)9-13(15)7-10/h3-4,10-13,15-17H,2,5-9H2,1H3,(H,18,19). The Bertz CT molecular complexity index is 397. The monoisotopic (exact) mass is 259 g/mol. The highest BCUT2D eigenvalue weighted by molar-refractivity contribution is 5.11. The second-order valence-corrected chi connectivity index (χ2v) is 7.06. The summed E-state index contributed by atoms with van der Waals surface area (Å²) in [5.74, 6) is 4.88. The van der Waals surface area contributed by atoms with Crippen molar-refractivity contribution in [1.29, 1.82) is 0 Å². The highest BCUT2D eigenvalue weighted by Gasteiger charge is 2.50. The van der Waals surface area contributed by atoms with E-state index in [-0.39, 0.29) is 0 Å². The SMILES string of the molecule is CCNC(c1ccn[nH]1)C1C2CC3CC(C2)CC1C3. The van der Waals surface area contributed by atoms with Gasteiger partial charge in [0.05, 0.1) is 11.7 Å². The lowest BCUT2D eigenvalue weighted by atomic mass is 9.50. The van der Waals surface area contributed by atoms with Gasteiger partial charge in [-0.15, -0.1) is 0 Å². The molecule has 0 aliphatic heterocycles. The van der Waals surface area contributed by atoms with Crippen LogP contribution in [0.2, 0.25) is 0 Å². The maximum Gasteiger partial charge on any atom is 0.0524 e. The molecule has 0 spiro atoms. The molecule has 1 atom stereocenters. The predicted octanol–water partition coefficient (Wildman–Crippen LogP) is 3.13. The van der Waals surface area contributed by atoms with E-state index in [4.69, 9.17) is 0 Å². The second kappa shape index (κ2) is 4.62. The third-order valence-electron chi connectivity index (χ3n) is 5.97. The van der Waals surface area contributed by atoms with Crippen LogP contribution in [0.3, 0.4) is 0 Å². The quantitative estimate of drug-likeness (QED) is 0.872. The summed E-state index contributed by atoms with van der Waals surface area (Å²) in [6, 6.07) is 2.67. The minimum Gasteiger partial charge on any atom is -0.309 e. The lowest BCUT2D eigenvalue weighted by molar-refractivity contribution is -0.0528. The van der Waals surface area contributed by atoms with Crippen molar-refractivity contribution in [3.05, 3.63) is 18.0 Å². The summed E-state index contributed by atoms with van der Waals surface area (Å²) in [5.41, 5.74) is 1.30. The summed E-state index contributed by atoms with van der Waals surface area (Å²) in [4.78, 5) is 0. The van der Waals surface area contributed by atoms with Crippen molar-refractivity contribution in [2.75, 3.05) is 6.54 Å². The molecule has 0 radical (unpaired) electrons. The van der Waals surface area contributed by atoms with Crippen molar-refractivity contribution in [1.82, 2.24) is 15.5 Å². The van der Waals surface area contributed by atoms with Gasteiger partial charge in [-0.25, -0.2) is 0 Å². The minimum absolute atomic E-state index is 0.502. The second-order valence-electron chi connectivity index (χ2n) is 7.06. The lowest BCUT2D eigenvalue weighted by Gasteiger charge is -2.56. The summed E-state index contributed by atoms with van der Waals surface area (Å²) >= 11 is 0. The van der Waals surface area contributed by atoms with Crippen molar-refractivity contribution in [2.45, 2.75) is 45.1 Å². The van der Waals surface area contributed by atoms with Gasteiger partial charge in [0, 0.05) is 6.20 Å². The van der Waals surface area contributed by atoms with Gasteiger partial charge in [-0.2, -0.15) is 5.10 Å². The predicted molar refractivity (Wildman–Crippen MR) is 75.5 cm³/mol. The van der Waals surface area contributed by atoms with E-state index in [1.807, 2.05) is 6.20 Å². The molecule has 2 N–H and O–H groups in total. The van der Waals surface area contributed by atoms with Crippen molar-refractivity contribution >= 4 is 0 Å². The van der Waals surface area contributed by atoms with Crippen LogP contribution in [-0.4, -0.2) is 16.7 Å². The number of hydrogen-bond acceptors (Lipinski definition) is 2. The summed E-state index contributed by atoms with van der Waals surface area (Å²) in [7, 11) is 0. The fourth-order valence-corrected chi connectivity index (χ4v) is 5.62. The van der Waals surface area contributed by atoms with Crippen molar-refractivity contribution in [3.8, 4) is 0 Å². The van der Waals surface area contributed by atoms with E-state index in [0.29, 0.717) is 6.04 Å². The molecule has 4 bridgehead atoms.